The van der Waals surface area contributed by atoms with Gasteiger partial charge in [0.2, 0.25) is 0 Å². The average Bonchev–Trinajstić information content (AvgIpc) is 2.60. The number of pyridine rings is 1. The van der Waals surface area contributed by atoms with Gasteiger partial charge in [-0.25, -0.2) is 9.37 Å². The summed E-state index contributed by atoms with van der Waals surface area (Å²) in [5.74, 6) is -0.718. The molecular formula is C19H15ClFN3O. The van der Waals surface area contributed by atoms with Crippen LogP contribution in [0.2, 0.25) is 5.02 Å². The van der Waals surface area contributed by atoms with Crippen molar-refractivity contribution >= 4 is 34.6 Å². The molecule has 0 radical (unpaired) electrons. The summed E-state index contributed by atoms with van der Waals surface area (Å²) in [6.45, 7) is 1.95. The number of hydrogen-bond acceptors (Lipinski definition) is 3. The molecule has 4 nitrogen and oxygen atoms in total. The van der Waals surface area contributed by atoms with Crippen molar-refractivity contribution in [3.05, 3.63) is 82.9 Å². The maximum atomic E-state index is 12.9. The Kier molecular flexibility index (Phi) is 4.95. The van der Waals surface area contributed by atoms with E-state index in [1.54, 1.807) is 24.4 Å². The van der Waals surface area contributed by atoms with Gasteiger partial charge in [0.15, 0.2) is 0 Å². The summed E-state index contributed by atoms with van der Waals surface area (Å²) in [5.41, 5.74) is 3.44. The van der Waals surface area contributed by atoms with E-state index in [4.69, 9.17) is 11.6 Å². The van der Waals surface area contributed by atoms with Gasteiger partial charge in [-0.05, 0) is 67.1 Å². The largest absolute Gasteiger partial charge is 0.354 e. The van der Waals surface area contributed by atoms with E-state index in [0.29, 0.717) is 10.7 Å². The van der Waals surface area contributed by atoms with Gasteiger partial charge >= 0.3 is 0 Å². The molecule has 1 aromatic heterocycles. The first-order valence-electron chi connectivity index (χ1n) is 7.57. The van der Waals surface area contributed by atoms with E-state index < -0.39 is 0 Å². The van der Waals surface area contributed by atoms with Crippen LogP contribution in [0.3, 0.4) is 0 Å². The van der Waals surface area contributed by atoms with Crippen molar-refractivity contribution in [2.75, 3.05) is 10.6 Å². The Morgan fingerprint density at radius 2 is 1.76 bits per heavy atom. The van der Waals surface area contributed by atoms with Crippen molar-refractivity contribution in [3.63, 3.8) is 0 Å². The fourth-order valence-electron chi connectivity index (χ4n) is 2.25. The molecule has 6 heteroatoms. The van der Waals surface area contributed by atoms with Crippen LogP contribution in [-0.2, 0) is 0 Å². The van der Waals surface area contributed by atoms with E-state index in [1.807, 2.05) is 19.1 Å². The van der Waals surface area contributed by atoms with Crippen LogP contribution in [0.4, 0.5) is 21.5 Å². The van der Waals surface area contributed by atoms with Gasteiger partial charge in [0.25, 0.3) is 5.91 Å². The van der Waals surface area contributed by atoms with Gasteiger partial charge in [-0.3, -0.25) is 4.79 Å². The third-order valence-electron chi connectivity index (χ3n) is 3.57. The molecule has 1 heterocycles. The third kappa shape index (κ3) is 4.33. The standard InChI is InChI=1S/C19H15ClFN3O/c1-12-10-13(20)2-8-17(12)23-16-7-9-18(22-11-16)19(25)24-15-5-3-14(21)4-6-15/h2-11,23H,1H3,(H,24,25). The van der Waals surface area contributed by atoms with E-state index in [0.717, 1.165) is 16.9 Å². The SMILES string of the molecule is Cc1cc(Cl)ccc1Nc1ccc(C(=O)Nc2ccc(F)cc2)nc1. The van der Waals surface area contributed by atoms with Crippen LogP contribution in [-0.4, -0.2) is 10.9 Å². The summed E-state index contributed by atoms with van der Waals surface area (Å²) in [4.78, 5) is 16.3. The van der Waals surface area contributed by atoms with E-state index >= 15 is 0 Å². The highest BCUT2D eigenvalue weighted by molar-refractivity contribution is 6.30. The number of halogens is 2. The monoisotopic (exact) mass is 355 g/mol. The highest BCUT2D eigenvalue weighted by Crippen LogP contribution is 2.23. The number of rotatable bonds is 4. The molecule has 3 aromatic rings. The van der Waals surface area contributed by atoms with Gasteiger partial charge in [-0.1, -0.05) is 11.6 Å². The van der Waals surface area contributed by atoms with Crippen molar-refractivity contribution in [3.8, 4) is 0 Å². The molecule has 3 rings (SSSR count). The van der Waals surface area contributed by atoms with Gasteiger partial charge < -0.3 is 10.6 Å². The lowest BCUT2D eigenvalue weighted by atomic mass is 10.2. The minimum atomic E-state index is -0.360. The maximum absolute atomic E-state index is 12.9. The quantitative estimate of drug-likeness (QED) is 0.678. The summed E-state index contributed by atoms with van der Waals surface area (Å²) in [6.07, 6.45) is 1.58. The van der Waals surface area contributed by atoms with E-state index in [2.05, 4.69) is 15.6 Å². The molecule has 0 spiro atoms. The van der Waals surface area contributed by atoms with E-state index in [-0.39, 0.29) is 17.4 Å². The van der Waals surface area contributed by atoms with Crippen molar-refractivity contribution < 1.29 is 9.18 Å². The Morgan fingerprint density at radius 3 is 2.40 bits per heavy atom. The van der Waals surface area contributed by atoms with Crippen LogP contribution in [0.15, 0.2) is 60.8 Å². The molecule has 0 aliphatic heterocycles. The normalized spacial score (nSPS) is 10.4. The zero-order chi connectivity index (χ0) is 17.8. The summed E-state index contributed by atoms with van der Waals surface area (Å²) in [5, 5.41) is 6.57. The Morgan fingerprint density at radius 1 is 1.04 bits per heavy atom. The molecule has 0 bridgehead atoms. The van der Waals surface area contributed by atoms with Gasteiger partial charge in [0, 0.05) is 16.4 Å². The molecular weight excluding hydrogens is 341 g/mol. The number of nitrogens with one attached hydrogen (secondary N) is 2. The fourth-order valence-corrected chi connectivity index (χ4v) is 2.48. The van der Waals surface area contributed by atoms with Crippen molar-refractivity contribution in [1.29, 1.82) is 0 Å². The predicted octanol–water partition coefficient (Wildman–Crippen LogP) is 5.18. The number of amides is 1. The van der Waals surface area contributed by atoms with Crippen LogP contribution in [0.5, 0.6) is 0 Å². The Labute approximate surface area is 149 Å². The molecule has 25 heavy (non-hydrogen) atoms. The summed E-state index contributed by atoms with van der Waals surface area (Å²) in [6, 6.07) is 14.5. The van der Waals surface area contributed by atoms with Crippen molar-refractivity contribution in [2.45, 2.75) is 6.92 Å². The zero-order valence-electron chi connectivity index (χ0n) is 13.4. The molecule has 2 aromatic carbocycles. The van der Waals surface area contributed by atoms with Gasteiger partial charge in [0.1, 0.15) is 11.5 Å². The molecule has 0 unspecified atom stereocenters. The fraction of sp³-hybridized carbons (Fsp3) is 0.0526. The molecule has 0 fully saturated rings. The van der Waals surface area contributed by atoms with Crippen LogP contribution in [0.25, 0.3) is 0 Å². The lowest BCUT2D eigenvalue weighted by Gasteiger charge is -2.10. The third-order valence-corrected chi connectivity index (χ3v) is 3.80. The Bertz CT molecular complexity index is 896. The van der Waals surface area contributed by atoms with Crippen molar-refractivity contribution in [1.82, 2.24) is 4.98 Å². The molecule has 2 N–H and O–H groups in total. The number of hydrogen-bond donors (Lipinski definition) is 2. The summed E-state index contributed by atoms with van der Waals surface area (Å²) >= 11 is 5.95. The lowest BCUT2D eigenvalue weighted by molar-refractivity contribution is 0.102. The molecule has 126 valence electrons. The van der Waals surface area contributed by atoms with Gasteiger partial charge in [0.05, 0.1) is 11.9 Å². The topological polar surface area (TPSA) is 54.0 Å². The number of benzene rings is 2. The molecule has 0 saturated heterocycles. The van der Waals surface area contributed by atoms with E-state index in [1.165, 1.54) is 24.3 Å². The average molecular weight is 356 g/mol. The first-order chi connectivity index (χ1) is 12.0. The lowest BCUT2D eigenvalue weighted by Crippen LogP contribution is -2.13. The van der Waals surface area contributed by atoms with E-state index in [9.17, 15) is 9.18 Å². The highest BCUT2D eigenvalue weighted by atomic mass is 35.5. The molecule has 1 amide bonds. The summed E-state index contributed by atoms with van der Waals surface area (Å²) in [7, 11) is 0. The second kappa shape index (κ2) is 7.32. The predicted molar refractivity (Wildman–Crippen MR) is 98.1 cm³/mol. The zero-order valence-corrected chi connectivity index (χ0v) is 14.1. The first-order valence-corrected chi connectivity index (χ1v) is 7.95. The van der Waals surface area contributed by atoms with Crippen LogP contribution >= 0.6 is 11.6 Å². The number of carbonyl (C=O) groups excluding carboxylic acids is 1. The first kappa shape index (κ1) is 16.9. The second-order valence-electron chi connectivity index (χ2n) is 5.48. The van der Waals surface area contributed by atoms with Gasteiger partial charge in [-0.2, -0.15) is 0 Å². The number of carbonyl (C=O) groups is 1. The number of aryl methyl sites for hydroxylation is 1. The van der Waals surface area contributed by atoms with Crippen LogP contribution in [0.1, 0.15) is 16.1 Å². The van der Waals surface area contributed by atoms with Crippen molar-refractivity contribution in [2.24, 2.45) is 0 Å². The highest BCUT2D eigenvalue weighted by Gasteiger charge is 2.08. The molecule has 0 atom stereocenters. The summed E-state index contributed by atoms with van der Waals surface area (Å²) < 4.78 is 12.9. The number of nitrogens with zero attached hydrogens (tertiary/aromatic N) is 1. The van der Waals surface area contributed by atoms with Crippen LogP contribution < -0.4 is 10.6 Å². The Balaban J connectivity index is 1.69. The number of anilines is 3. The Hall–Kier alpha value is -2.92. The van der Waals surface area contributed by atoms with Crippen LogP contribution in [0, 0.1) is 12.7 Å². The van der Waals surface area contributed by atoms with Gasteiger partial charge in [-0.15, -0.1) is 0 Å². The minimum Gasteiger partial charge on any atom is -0.354 e. The maximum Gasteiger partial charge on any atom is 0.274 e. The minimum absolute atomic E-state index is 0.266. The molecule has 0 aliphatic carbocycles. The second-order valence-corrected chi connectivity index (χ2v) is 5.91. The number of aromatic nitrogens is 1. The molecule has 0 saturated carbocycles. The smallest absolute Gasteiger partial charge is 0.274 e. The molecule has 0 aliphatic rings.